The number of carbonyl (C=O) groups is 1. The minimum absolute atomic E-state index is 0.0380. The number of hydrogen-bond acceptors (Lipinski definition) is 2. The fraction of sp³-hybridized carbons (Fsp3) is 0.222. The van der Waals surface area contributed by atoms with Gasteiger partial charge in [-0.1, -0.05) is 12.1 Å². The first-order valence-corrected chi connectivity index (χ1v) is 3.51. The summed E-state index contributed by atoms with van der Waals surface area (Å²) in [6.45, 7) is 0. The Morgan fingerprint density at radius 1 is 1.50 bits per heavy atom. The molecule has 0 saturated carbocycles. The van der Waals surface area contributed by atoms with Gasteiger partial charge in [0, 0.05) is 6.42 Å². The molecule has 0 aromatic heterocycles. The number of hydrogen-bond donors (Lipinski definition) is 2. The monoisotopic (exact) mass is 170 g/mol. The number of benzene rings is 1. The van der Waals surface area contributed by atoms with Crippen molar-refractivity contribution in [1.82, 2.24) is 0 Å². The molecule has 0 saturated heterocycles. The number of rotatable bonds is 3. The lowest BCUT2D eigenvalue weighted by Crippen LogP contribution is -1.96. The average molecular weight is 170 g/mol. The molecule has 0 atom stereocenters. The lowest BCUT2D eigenvalue weighted by molar-refractivity contribution is -0.136. The minimum atomic E-state index is -0.920. The predicted molar refractivity (Wildman–Crippen MR) is 44.1 cm³/mol. The van der Waals surface area contributed by atoms with Crippen molar-refractivity contribution in [3.8, 4) is 5.75 Å². The van der Waals surface area contributed by atoms with Gasteiger partial charge in [0.05, 0.1) is 2.74 Å². The van der Waals surface area contributed by atoms with Crippen LogP contribution in [-0.2, 0) is 11.2 Å². The molecule has 0 aliphatic rings. The van der Waals surface area contributed by atoms with Gasteiger partial charge >= 0.3 is 5.97 Å². The Hall–Kier alpha value is -1.51. The fourth-order valence-electron chi connectivity index (χ4n) is 0.801. The summed E-state index contributed by atoms with van der Waals surface area (Å²) in [6, 6.07) is 2.46. The van der Waals surface area contributed by atoms with E-state index in [1.165, 1.54) is 12.1 Å². The van der Waals surface area contributed by atoms with Crippen molar-refractivity contribution in [3.63, 3.8) is 0 Å². The van der Waals surface area contributed by atoms with Gasteiger partial charge in [-0.3, -0.25) is 4.79 Å². The maximum absolute atomic E-state index is 10.3. The molecular formula is C9H10O3. The van der Waals surface area contributed by atoms with Crippen molar-refractivity contribution in [3.05, 3.63) is 29.8 Å². The van der Waals surface area contributed by atoms with Crippen molar-refractivity contribution < 1.29 is 17.7 Å². The number of phenols is 1. The smallest absolute Gasteiger partial charge is 0.303 e. The second kappa shape index (κ2) is 3.76. The van der Waals surface area contributed by atoms with E-state index in [2.05, 4.69) is 0 Å². The highest BCUT2D eigenvalue weighted by Gasteiger charge is 1.98. The first kappa shape index (κ1) is 6.06. The normalized spacial score (nSPS) is 12.0. The zero-order valence-corrected chi connectivity index (χ0v) is 6.37. The maximum atomic E-state index is 10.3. The first-order chi connectivity index (χ1) is 6.50. The second-order valence-electron chi connectivity index (χ2n) is 2.39. The van der Waals surface area contributed by atoms with Crippen molar-refractivity contribution in [1.29, 1.82) is 0 Å². The quantitative estimate of drug-likeness (QED) is 0.721. The third kappa shape index (κ3) is 2.62. The molecule has 64 valence electrons. The number of aryl methyl sites for hydroxylation is 1. The van der Waals surface area contributed by atoms with Crippen LogP contribution in [0.15, 0.2) is 24.2 Å². The van der Waals surface area contributed by atoms with Crippen LogP contribution in [0.3, 0.4) is 0 Å². The zero-order valence-electron chi connectivity index (χ0n) is 8.37. The SMILES string of the molecule is [3H]c1cc(CCC(=O)O)cc([3H])c1O. The number of carboxylic acids is 1. The standard InChI is InChI=1S/C9H10O3/c10-8-4-1-7(2-5-8)3-6-9(11)12/h1-2,4-5,10H,3,6H2,(H,11,12)/i4T,5T. The van der Waals surface area contributed by atoms with Crippen molar-refractivity contribution in [2.45, 2.75) is 12.8 Å². The summed E-state index contributed by atoms with van der Waals surface area (Å²) in [5.41, 5.74) is 0.584. The summed E-state index contributed by atoms with van der Waals surface area (Å²) < 4.78 is 14.5. The highest BCUT2D eigenvalue weighted by molar-refractivity contribution is 5.67. The van der Waals surface area contributed by atoms with E-state index in [1.54, 1.807) is 0 Å². The molecule has 0 fully saturated rings. The molecule has 0 aliphatic heterocycles. The molecule has 0 aliphatic carbocycles. The minimum Gasteiger partial charge on any atom is -0.508 e. The molecule has 2 N–H and O–H groups in total. The number of carboxylic acid groups (broad SMARTS) is 1. The van der Waals surface area contributed by atoms with Crippen LogP contribution < -0.4 is 0 Å². The topological polar surface area (TPSA) is 57.5 Å². The van der Waals surface area contributed by atoms with Gasteiger partial charge in [0.25, 0.3) is 0 Å². The van der Waals surface area contributed by atoms with Gasteiger partial charge < -0.3 is 10.2 Å². The number of aliphatic carboxylic acids is 1. The van der Waals surface area contributed by atoms with Crippen LogP contribution >= 0.6 is 0 Å². The lowest BCUT2D eigenvalue weighted by atomic mass is 10.1. The molecule has 0 unspecified atom stereocenters. The van der Waals surface area contributed by atoms with Crippen LogP contribution in [0.2, 0.25) is 0 Å². The Morgan fingerprint density at radius 2 is 2.08 bits per heavy atom. The molecule has 1 rings (SSSR count). The number of aromatic hydroxyl groups is 1. The molecule has 0 radical (unpaired) electrons. The van der Waals surface area contributed by atoms with E-state index < -0.39 is 5.97 Å². The Kier molecular flexibility index (Phi) is 1.90. The molecule has 0 bridgehead atoms. The maximum Gasteiger partial charge on any atom is 0.303 e. The van der Waals surface area contributed by atoms with Gasteiger partial charge in [-0.05, 0) is 24.1 Å². The molecule has 3 heteroatoms. The lowest BCUT2D eigenvalue weighted by Gasteiger charge is -1.97. The van der Waals surface area contributed by atoms with E-state index >= 15 is 0 Å². The first-order valence-electron chi connectivity index (χ1n) is 4.51. The second-order valence-corrected chi connectivity index (χ2v) is 2.39. The highest BCUT2D eigenvalue weighted by Crippen LogP contribution is 2.10. The molecule has 1 aromatic rings. The molecule has 3 nitrogen and oxygen atoms in total. The summed E-state index contributed by atoms with van der Waals surface area (Å²) in [6.07, 6.45) is 0.233. The summed E-state index contributed by atoms with van der Waals surface area (Å²) >= 11 is 0. The molecule has 0 heterocycles. The predicted octanol–water partition coefficient (Wildman–Crippen LogP) is 1.41. The van der Waals surface area contributed by atoms with Crippen molar-refractivity contribution in [2.75, 3.05) is 0 Å². The van der Waals surface area contributed by atoms with Gasteiger partial charge in [-0.25, -0.2) is 0 Å². The van der Waals surface area contributed by atoms with Crippen LogP contribution in [0, 0.1) is 0 Å². The third-order valence-corrected chi connectivity index (χ3v) is 1.42. The van der Waals surface area contributed by atoms with Crippen LogP contribution in [0.25, 0.3) is 0 Å². The highest BCUT2D eigenvalue weighted by atomic mass is 16.4. The van der Waals surface area contributed by atoms with Gasteiger partial charge in [0.2, 0.25) is 0 Å². The fourth-order valence-corrected chi connectivity index (χ4v) is 0.801. The van der Waals surface area contributed by atoms with Crippen LogP contribution in [0.5, 0.6) is 5.75 Å². The van der Waals surface area contributed by atoms with E-state index in [1.807, 2.05) is 0 Å². The van der Waals surface area contributed by atoms with Crippen molar-refractivity contribution in [2.24, 2.45) is 0 Å². The largest absolute Gasteiger partial charge is 0.508 e. The van der Waals surface area contributed by atoms with E-state index in [0.29, 0.717) is 5.56 Å². The van der Waals surface area contributed by atoms with Crippen LogP contribution in [0.4, 0.5) is 0 Å². The van der Waals surface area contributed by atoms with Crippen LogP contribution in [-0.4, -0.2) is 16.2 Å². The Labute approximate surface area is 73.1 Å². The summed E-state index contributed by atoms with van der Waals surface area (Å²) in [5, 5.41) is 17.5. The van der Waals surface area contributed by atoms with Crippen molar-refractivity contribution >= 4 is 5.97 Å². The third-order valence-electron chi connectivity index (χ3n) is 1.42. The summed E-state index contributed by atoms with van der Waals surface area (Å²) in [5.74, 6) is -1.29. The zero-order chi connectivity index (χ0) is 10.7. The molecule has 0 spiro atoms. The Morgan fingerprint density at radius 3 is 2.58 bits per heavy atom. The Bertz CT molecular complexity index is 340. The van der Waals surface area contributed by atoms with Gasteiger partial charge in [0.1, 0.15) is 5.75 Å². The Balaban J connectivity index is 2.84. The molecule has 12 heavy (non-hydrogen) atoms. The van der Waals surface area contributed by atoms with E-state index in [0.717, 1.165) is 0 Å². The van der Waals surface area contributed by atoms with E-state index in [-0.39, 0.29) is 30.7 Å². The molecule has 1 aromatic carbocycles. The van der Waals surface area contributed by atoms with E-state index in [4.69, 9.17) is 13.0 Å². The van der Waals surface area contributed by atoms with Gasteiger partial charge in [-0.2, -0.15) is 0 Å². The molecule has 0 amide bonds. The average Bonchev–Trinajstić information content (AvgIpc) is 2.10. The summed E-state index contributed by atoms with van der Waals surface area (Å²) in [7, 11) is 0. The summed E-state index contributed by atoms with van der Waals surface area (Å²) in [4.78, 5) is 10.3. The van der Waals surface area contributed by atoms with Gasteiger partial charge in [0.15, 0.2) is 0 Å². The number of phenolic OH excluding ortho intramolecular Hbond substituents is 1. The van der Waals surface area contributed by atoms with Crippen LogP contribution in [0.1, 0.15) is 14.7 Å². The molecular weight excluding hydrogens is 156 g/mol. The van der Waals surface area contributed by atoms with Gasteiger partial charge in [-0.15, -0.1) is 0 Å². The van der Waals surface area contributed by atoms with E-state index in [9.17, 15) is 4.79 Å².